The maximum Gasteiger partial charge on any atom is 0.345 e. The molecule has 0 heterocycles. The van der Waals surface area contributed by atoms with Crippen LogP contribution in [0.4, 0.5) is 0 Å². The van der Waals surface area contributed by atoms with Crippen LogP contribution in [0.3, 0.4) is 0 Å². The molecule has 1 aromatic rings. The molecule has 0 fully saturated rings. The van der Waals surface area contributed by atoms with Crippen LogP contribution in [-0.2, 0) is 4.57 Å². The van der Waals surface area contributed by atoms with Crippen LogP contribution in [0.15, 0.2) is 30.3 Å². The van der Waals surface area contributed by atoms with E-state index in [1.807, 2.05) is 0 Å². The van der Waals surface area contributed by atoms with Crippen molar-refractivity contribution in [2.45, 2.75) is 11.9 Å². The molecule has 0 aliphatic carbocycles. The number of aliphatic hydroxyl groups is 1. The molecule has 0 radical (unpaired) electrons. The summed E-state index contributed by atoms with van der Waals surface area (Å²) in [6.45, 7) is 0. The highest BCUT2D eigenvalue weighted by atomic mass is 31.2. The van der Waals surface area contributed by atoms with E-state index < -0.39 is 19.5 Å². The average molecular weight is 217 g/mol. The first-order chi connectivity index (χ1) is 6.43. The van der Waals surface area contributed by atoms with E-state index in [0.717, 1.165) is 0 Å². The summed E-state index contributed by atoms with van der Waals surface area (Å²) in [6.07, 6.45) is -1.35. The van der Waals surface area contributed by atoms with E-state index in [2.05, 4.69) is 0 Å². The minimum absolute atomic E-state index is 0.392. The molecular weight excluding hydrogens is 205 g/mol. The van der Waals surface area contributed by atoms with Gasteiger partial charge in [0, 0.05) is 0 Å². The smallest absolute Gasteiger partial charge is 0.345 e. The van der Waals surface area contributed by atoms with Crippen molar-refractivity contribution in [1.82, 2.24) is 0 Å². The molecule has 6 heteroatoms. The number of benzene rings is 1. The molecular formula is C8H12NO4P. The van der Waals surface area contributed by atoms with Crippen molar-refractivity contribution in [3.63, 3.8) is 0 Å². The zero-order chi connectivity index (χ0) is 10.8. The van der Waals surface area contributed by atoms with Crippen molar-refractivity contribution in [2.75, 3.05) is 0 Å². The van der Waals surface area contributed by atoms with Crippen LogP contribution in [-0.4, -0.2) is 20.7 Å². The average Bonchev–Trinajstić information content (AvgIpc) is 2.15. The van der Waals surface area contributed by atoms with Crippen molar-refractivity contribution in [3.8, 4) is 0 Å². The second kappa shape index (κ2) is 4.21. The van der Waals surface area contributed by atoms with Crippen LogP contribution in [0.1, 0.15) is 11.7 Å². The third-order valence-corrected chi connectivity index (χ3v) is 2.91. The summed E-state index contributed by atoms with van der Waals surface area (Å²) in [6, 6.07) is 8.16. The summed E-state index contributed by atoms with van der Waals surface area (Å²) in [7, 11) is -4.45. The first kappa shape index (κ1) is 11.4. The molecule has 0 aromatic heterocycles. The van der Waals surface area contributed by atoms with E-state index in [-0.39, 0.29) is 0 Å². The Labute approximate surface area is 81.3 Å². The van der Waals surface area contributed by atoms with Crippen LogP contribution in [0.5, 0.6) is 0 Å². The molecule has 2 atom stereocenters. The Morgan fingerprint density at radius 3 is 2.14 bits per heavy atom. The molecule has 0 saturated carbocycles. The van der Waals surface area contributed by atoms with E-state index in [0.29, 0.717) is 5.56 Å². The Morgan fingerprint density at radius 2 is 1.71 bits per heavy atom. The van der Waals surface area contributed by atoms with Gasteiger partial charge >= 0.3 is 7.60 Å². The van der Waals surface area contributed by atoms with Crippen LogP contribution >= 0.6 is 7.60 Å². The van der Waals surface area contributed by atoms with Gasteiger partial charge in [-0.05, 0) is 5.56 Å². The molecule has 0 amide bonds. The van der Waals surface area contributed by atoms with E-state index in [9.17, 15) is 9.67 Å². The lowest BCUT2D eigenvalue weighted by molar-refractivity contribution is 0.160. The summed E-state index contributed by atoms with van der Waals surface area (Å²) < 4.78 is 10.8. The van der Waals surface area contributed by atoms with Gasteiger partial charge in [-0.3, -0.25) is 4.57 Å². The zero-order valence-electron chi connectivity index (χ0n) is 7.32. The summed E-state index contributed by atoms with van der Waals surface area (Å²) in [5, 5.41) is 9.51. The molecule has 1 rings (SSSR count). The molecule has 2 unspecified atom stereocenters. The highest BCUT2D eigenvalue weighted by molar-refractivity contribution is 7.52. The van der Waals surface area contributed by atoms with Gasteiger partial charge in [-0.25, -0.2) is 0 Å². The first-order valence-corrected chi connectivity index (χ1v) is 5.65. The van der Waals surface area contributed by atoms with E-state index in [4.69, 9.17) is 15.5 Å². The Balaban J connectivity index is 2.87. The van der Waals surface area contributed by atoms with Gasteiger partial charge in [-0.1, -0.05) is 30.3 Å². The lowest BCUT2D eigenvalue weighted by atomic mass is 10.1. The van der Waals surface area contributed by atoms with Crippen molar-refractivity contribution >= 4 is 7.60 Å². The van der Waals surface area contributed by atoms with Crippen LogP contribution < -0.4 is 5.73 Å². The number of hydrogen-bond acceptors (Lipinski definition) is 3. The van der Waals surface area contributed by atoms with Gasteiger partial charge in [-0.2, -0.15) is 0 Å². The third kappa shape index (κ3) is 2.64. The molecule has 0 aliphatic heterocycles. The lowest BCUT2D eigenvalue weighted by Crippen LogP contribution is -2.28. The molecule has 0 saturated heterocycles. The van der Waals surface area contributed by atoms with Crippen LogP contribution in [0.2, 0.25) is 0 Å². The predicted octanol–water partition coefficient (Wildman–Crippen LogP) is 0.183. The molecule has 1 aromatic carbocycles. The second-order valence-corrected chi connectivity index (χ2v) is 4.71. The fraction of sp³-hybridized carbons (Fsp3) is 0.250. The summed E-state index contributed by atoms with van der Waals surface area (Å²) >= 11 is 0. The first-order valence-electron chi connectivity index (χ1n) is 3.96. The van der Waals surface area contributed by atoms with Gasteiger partial charge < -0.3 is 20.6 Å². The van der Waals surface area contributed by atoms with E-state index in [1.165, 1.54) is 0 Å². The van der Waals surface area contributed by atoms with Crippen molar-refractivity contribution < 1.29 is 19.5 Å². The van der Waals surface area contributed by atoms with Crippen molar-refractivity contribution in [1.29, 1.82) is 0 Å². The largest absolute Gasteiger partial charge is 0.386 e. The number of hydrogen-bond donors (Lipinski definition) is 4. The molecule has 0 aliphatic rings. The van der Waals surface area contributed by atoms with Gasteiger partial charge in [0.15, 0.2) is 0 Å². The minimum atomic E-state index is -4.45. The quantitative estimate of drug-likeness (QED) is 0.541. The van der Waals surface area contributed by atoms with Gasteiger partial charge in [-0.15, -0.1) is 0 Å². The summed E-state index contributed by atoms with van der Waals surface area (Å²) in [5.41, 5.74) is 5.61. The summed E-state index contributed by atoms with van der Waals surface area (Å²) in [4.78, 5) is 17.5. The normalized spacial score (nSPS) is 16.3. The Kier molecular flexibility index (Phi) is 3.42. The number of rotatable bonds is 3. The molecule has 14 heavy (non-hydrogen) atoms. The fourth-order valence-electron chi connectivity index (χ4n) is 1.03. The molecule has 0 bridgehead atoms. The Hall–Kier alpha value is -0.710. The highest BCUT2D eigenvalue weighted by Gasteiger charge is 2.32. The van der Waals surface area contributed by atoms with Crippen molar-refractivity contribution in [2.24, 2.45) is 5.73 Å². The maximum absolute atomic E-state index is 10.8. The predicted molar refractivity (Wildman–Crippen MR) is 51.4 cm³/mol. The second-order valence-electron chi connectivity index (χ2n) is 2.94. The van der Waals surface area contributed by atoms with E-state index >= 15 is 0 Å². The third-order valence-electron chi connectivity index (χ3n) is 1.85. The van der Waals surface area contributed by atoms with E-state index in [1.54, 1.807) is 30.3 Å². The number of nitrogens with two attached hydrogens (primary N) is 1. The van der Waals surface area contributed by atoms with Crippen molar-refractivity contribution in [3.05, 3.63) is 35.9 Å². The van der Waals surface area contributed by atoms with Gasteiger partial charge in [0.25, 0.3) is 0 Å². The molecule has 5 nitrogen and oxygen atoms in total. The minimum Gasteiger partial charge on any atom is -0.386 e. The van der Waals surface area contributed by atoms with Crippen LogP contribution in [0, 0.1) is 0 Å². The fourth-order valence-corrected chi connectivity index (χ4v) is 1.57. The Morgan fingerprint density at radius 1 is 1.21 bits per heavy atom. The number of aliphatic hydroxyl groups excluding tert-OH is 1. The monoisotopic (exact) mass is 217 g/mol. The van der Waals surface area contributed by atoms with Gasteiger partial charge in [0.1, 0.15) is 11.9 Å². The molecule has 0 spiro atoms. The topological polar surface area (TPSA) is 104 Å². The maximum atomic E-state index is 10.8. The SMILES string of the molecule is NC(C(O)c1ccccc1)P(=O)(O)O. The lowest BCUT2D eigenvalue weighted by Gasteiger charge is -2.19. The summed E-state index contributed by atoms with van der Waals surface area (Å²) in [5.74, 6) is -1.58. The standard InChI is InChI=1S/C8H12NO4P/c9-8(14(11,12)13)7(10)6-4-2-1-3-5-6/h1-5,7-8,10H,9H2,(H2,11,12,13). The van der Waals surface area contributed by atoms with Gasteiger partial charge in [0.05, 0.1) is 0 Å². The molecule has 78 valence electrons. The van der Waals surface area contributed by atoms with Gasteiger partial charge in [0.2, 0.25) is 0 Å². The Bertz CT molecular complexity index is 336. The molecule has 5 N–H and O–H groups in total. The van der Waals surface area contributed by atoms with Crippen LogP contribution in [0.25, 0.3) is 0 Å². The highest BCUT2D eigenvalue weighted by Crippen LogP contribution is 2.43. The zero-order valence-corrected chi connectivity index (χ0v) is 8.21.